The van der Waals surface area contributed by atoms with E-state index in [4.69, 9.17) is 4.99 Å². The standard InChI is InChI=1S/C46H29N3S/c1-2-10-28(11-3-1)29-18-20-31(21-19-29)45-34-12-4-7-15-37(34)47-46(48-45)49-38-16-8-5-13-35(38)43-33-24-22-30-23-27-41-44(36-14-6-9-17-40(36)50-41)42(30)32(33)25-26-39(43)49/h1-27,45H,(H,47,48). The molecule has 234 valence electrons. The summed E-state index contributed by atoms with van der Waals surface area (Å²) in [5.41, 5.74) is 8.08. The number of benzene rings is 8. The molecule has 2 aromatic heterocycles. The molecule has 50 heavy (non-hydrogen) atoms. The number of nitrogens with zero attached hydrogens (tertiary/aromatic N) is 2. The van der Waals surface area contributed by atoms with E-state index in [1.807, 2.05) is 11.3 Å². The van der Waals surface area contributed by atoms with E-state index in [9.17, 15) is 0 Å². The van der Waals surface area contributed by atoms with Crippen LogP contribution in [0.2, 0.25) is 0 Å². The lowest BCUT2D eigenvalue weighted by molar-refractivity contribution is 0.731. The van der Waals surface area contributed by atoms with Crippen LogP contribution in [0.4, 0.5) is 5.69 Å². The molecule has 0 bridgehead atoms. The third-order valence-corrected chi connectivity index (χ3v) is 11.6. The van der Waals surface area contributed by atoms with E-state index in [2.05, 4.69) is 174 Å². The van der Waals surface area contributed by atoms with Crippen molar-refractivity contribution in [3.05, 3.63) is 175 Å². The van der Waals surface area contributed by atoms with Gasteiger partial charge in [0.05, 0.1) is 22.8 Å². The Morgan fingerprint density at radius 1 is 0.480 bits per heavy atom. The first-order valence-corrected chi connectivity index (χ1v) is 17.9. The lowest BCUT2D eigenvalue weighted by Gasteiger charge is -2.28. The van der Waals surface area contributed by atoms with Crippen molar-refractivity contribution in [1.29, 1.82) is 0 Å². The molecule has 0 spiro atoms. The van der Waals surface area contributed by atoms with Crippen molar-refractivity contribution in [2.75, 3.05) is 0 Å². The van der Waals surface area contributed by atoms with Crippen LogP contribution in [0.3, 0.4) is 0 Å². The molecule has 0 saturated carbocycles. The minimum atomic E-state index is -0.0516. The smallest absolute Gasteiger partial charge is 0.209 e. The van der Waals surface area contributed by atoms with Crippen molar-refractivity contribution in [3.8, 4) is 11.1 Å². The van der Waals surface area contributed by atoms with Crippen LogP contribution in [0.1, 0.15) is 17.2 Å². The van der Waals surface area contributed by atoms with Gasteiger partial charge >= 0.3 is 0 Å². The van der Waals surface area contributed by atoms with Crippen LogP contribution in [-0.2, 0) is 0 Å². The van der Waals surface area contributed by atoms with Gasteiger partial charge in [0, 0.05) is 36.5 Å². The van der Waals surface area contributed by atoms with E-state index in [-0.39, 0.29) is 6.04 Å². The molecule has 0 saturated heterocycles. The van der Waals surface area contributed by atoms with Gasteiger partial charge in [-0.2, -0.15) is 0 Å². The summed E-state index contributed by atoms with van der Waals surface area (Å²) >= 11 is 1.88. The molecule has 4 heteroatoms. The van der Waals surface area contributed by atoms with Crippen LogP contribution in [0, 0.1) is 0 Å². The highest BCUT2D eigenvalue weighted by Crippen LogP contribution is 2.44. The quantitative estimate of drug-likeness (QED) is 0.185. The largest absolute Gasteiger partial charge is 0.344 e. The zero-order chi connectivity index (χ0) is 32.8. The van der Waals surface area contributed by atoms with Gasteiger partial charge in [-0.1, -0.05) is 133 Å². The van der Waals surface area contributed by atoms with E-state index < -0.39 is 0 Å². The van der Waals surface area contributed by atoms with Gasteiger partial charge in [-0.3, -0.25) is 4.57 Å². The van der Waals surface area contributed by atoms with Gasteiger partial charge in [0.1, 0.15) is 0 Å². The van der Waals surface area contributed by atoms with Crippen molar-refractivity contribution in [1.82, 2.24) is 9.88 Å². The molecule has 0 aliphatic carbocycles. The second kappa shape index (κ2) is 10.6. The molecule has 10 aromatic rings. The van der Waals surface area contributed by atoms with Gasteiger partial charge in [0.15, 0.2) is 0 Å². The lowest BCUT2D eigenvalue weighted by Crippen LogP contribution is -2.36. The number of rotatable bonds is 2. The summed E-state index contributed by atoms with van der Waals surface area (Å²) in [5, 5.41) is 14.2. The maximum atomic E-state index is 5.30. The van der Waals surface area contributed by atoms with Crippen LogP contribution >= 0.6 is 11.3 Å². The van der Waals surface area contributed by atoms with Gasteiger partial charge < -0.3 is 5.32 Å². The summed E-state index contributed by atoms with van der Waals surface area (Å²) in [5.74, 6) is 0.832. The van der Waals surface area contributed by atoms with Crippen molar-refractivity contribution in [3.63, 3.8) is 0 Å². The number of hydrogen-bond donors (Lipinski definition) is 1. The molecule has 0 amide bonds. The van der Waals surface area contributed by atoms with Gasteiger partial charge in [0.2, 0.25) is 5.96 Å². The Hall–Kier alpha value is -6.23. The normalized spacial score (nSPS) is 14.5. The van der Waals surface area contributed by atoms with Crippen LogP contribution < -0.4 is 5.32 Å². The Balaban J connectivity index is 1.13. The SMILES string of the molecule is c1ccc(-c2ccc(C3NC(n4c5ccccc5c5c6ccc7ccc8sc9ccccc9c8c7c6ccc54)=Nc4ccccc43)cc2)cc1. The van der Waals surface area contributed by atoms with Gasteiger partial charge in [-0.05, 0) is 68.6 Å². The van der Waals surface area contributed by atoms with Crippen LogP contribution in [-0.4, -0.2) is 10.5 Å². The molecule has 1 aliphatic heterocycles. The minimum absolute atomic E-state index is 0.0516. The molecular formula is C46H29N3S. The summed E-state index contributed by atoms with van der Waals surface area (Å²) in [6.07, 6.45) is 0. The molecule has 1 atom stereocenters. The molecule has 8 aromatic carbocycles. The van der Waals surface area contributed by atoms with Crippen LogP contribution in [0.5, 0.6) is 0 Å². The number of nitrogens with one attached hydrogen (secondary N) is 1. The molecule has 0 fully saturated rings. The molecular weight excluding hydrogens is 627 g/mol. The average Bonchev–Trinajstić information content (AvgIpc) is 3.74. The summed E-state index contributed by atoms with van der Waals surface area (Å²) in [6, 6.07) is 59.4. The number of aliphatic imine (C=N–C) groups is 1. The molecule has 1 aliphatic rings. The Bertz CT molecular complexity index is 3000. The fraction of sp³-hybridized carbons (Fsp3) is 0.0217. The first-order chi connectivity index (χ1) is 24.8. The maximum absolute atomic E-state index is 5.30. The van der Waals surface area contributed by atoms with E-state index in [0.717, 1.165) is 22.7 Å². The fourth-order valence-corrected chi connectivity index (χ4v) is 9.32. The number of fused-ring (bicyclic) bond motifs is 12. The summed E-state index contributed by atoms with van der Waals surface area (Å²) in [6.45, 7) is 0. The van der Waals surface area contributed by atoms with E-state index >= 15 is 0 Å². The number of thiophene rings is 1. The third kappa shape index (κ3) is 4.00. The second-order valence-corrected chi connectivity index (χ2v) is 14.3. The number of para-hydroxylation sites is 2. The predicted octanol–water partition coefficient (Wildman–Crippen LogP) is 12.4. The third-order valence-electron chi connectivity index (χ3n) is 10.5. The molecule has 3 nitrogen and oxygen atoms in total. The van der Waals surface area contributed by atoms with Crippen molar-refractivity contribution >= 4 is 86.5 Å². The maximum Gasteiger partial charge on any atom is 0.209 e. The fourth-order valence-electron chi connectivity index (χ4n) is 8.20. The first-order valence-electron chi connectivity index (χ1n) is 17.1. The van der Waals surface area contributed by atoms with E-state index in [0.29, 0.717) is 0 Å². The van der Waals surface area contributed by atoms with Gasteiger partial charge in [-0.15, -0.1) is 11.3 Å². The summed E-state index contributed by atoms with van der Waals surface area (Å²) in [7, 11) is 0. The Kier molecular flexibility index (Phi) is 5.89. The number of aromatic nitrogens is 1. The minimum Gasteiger partial charge on any atom is -0.344 e. The Labute approximate surface area is 292 Å². The molecule has 1 N–H and O–H groups in total. The molecule has 0 radical (unpaired) electrons. The molecule has 3 heterocycles. The molecule has 11 rings (SSSR count). The van der Waals surface area contributed by atoms with Crippen molar-refractivity contribution in [2.24, 2.45) is 4.99 Å². The number of hydrogen-bond acceptors (Lipinski definition) is 3. The predicted molar refractivity (Wildman–Crippen MR) is 213 cm³/mol. The monoisotopic (exact) mass is 655 g/mol. The zero-order valence-electron chi connectivity index (χ0n) is 27.0. The average molecular weight is 656 g/mol. The van der Waals surface area contributed by atoms with Crippen LogP contribution in [0.15, 0.2) is 169 Å². The van der Waals surface area contributed by atoms with Crippen LogP contribution in [0.25, 0.3) is 74.6 Å². The first kappa shape index (κ1) is 27.7. The Morgan fingerprint density at radius 3 is 2.08 bits per heavy atom. The Morgan fingerprint density at radius 2 is 1.18 bits per heavy atom. The highest BCUT2D eigenvalue weighted by atomic mass is 32.1. The summed E-state index contributed by atoms with van der Waals surface area (Å²) in [4.78, 5) is 5.30. The topological polar surface area (TPSA) is 29.3 Å². The summed E-state index contributed by atoms with van der Waals surface area (Å²) < 4.78 is 4.99. The highest BCUT2D eigenvalue weighted by molar-refractivity contribution is 7.26. The van der Waals surface area contributed by atoms with Crippen molar-refractivity contribution < 1.29 is 0 Å². The van der Waals surface area contributed by atoms with E-state index in [1.165, 1.54) is 74.7 Å². The van der Waals surface area contributed by atoms with Gasteiger partial charge in [-0.25, -0.2) is 4.99 Å². The van der Waals surface area contributed by atoms with Crippen molar-refractivity contribution in [2.45, 2.75) is 6.04 Å². The molecule has 1 unspecified atom stereocenters. The van der Waals surface area contributed by atoms with Gasteiger partial charge in [0.25, 0.3) is 0 Å². The zero-order valence-corrected chi connectivity index (χ0v) is 27.8. The van der Waals surface area contributed by atoms with E-state index in [1.54, 1.807) is 0 Å². The lowest BCUT2D eigenvalue weighted by atomic mass is 9.94. The second-order valence-electron chi connectivity index (χ2n) is 13.2. The highest BCUT2D eigenvalue weighted by Gasteiger charge is 2.27.